The number of halogens is 2. The summed E-state index contributed by atoms with van der Waals surface area (Å²) in [5.74, 6) is 0.762. The third-order valence-electron chi connectivity index (χ3n) is 2.26. The van der Waals surface area contributed by atoms with Crippen LogP contribution in [0.25, 0.3) is 0 Å². The summed E-state index contributed by atoms with van der Waals surface area (Å²) in [6, 6.07) is 5.46. The van der Waals surface area contributed by atoms with Crippen LogP contribution in [0.1, 0.15) is 11.4 Å². The highest BCUT2D eigenvalue weighted by Gasteiger charge is 2.02. The summed E-state index contributed by atoms with van der Waals surface area (Å²) in [5, 5.41) is 8.70. The first-order valence-corrected chi connectivity index (χ1v) is 5.90. The van der Waals surface area contributed by atoms with Gasteiger partial charge in [-0.05, 0) is 17.7 Å². The predicted molar refractivity (Wildman–Crippen MR) is 68.0 cm³/mol. The number of nitrogens with one attached hydrogen (secondary N) is 1. The SMILES string of the molecule is Cn1cnc(CNCc2ccc(Cl)cc2Cl)n1. The van der Waals surface area contributed by atoms with Crippen molar-refractivity contribution < 1.29 is 0 Å². The van der Waals surface area contributed by atoms with Crippen LogP contribution in [-0.4, -0.2) is 14.8 Å². The van der Waals surface area contributed by atoms with Crippen molar-refractivity contribution in [2.75, 3.05) is 0 Å². The van der Waals surface area contributed by atoms with Crippen molar-refractivity contribution in [2.24, 2.45) is 7.05 Å². The van der Waals surface area contributed by atoms with Crippen LogP contribution in [0.3, 0.4) is 0 Å². The van der Waals surface area contributed by atoms with Crippen molar-refractivity contribution in [1.82, 2.24) is 20.1 Å². The molecule has 6 heteroatoms. The maximum absolute atomic E-state index is 6.06. The van der Waals surface area contributed by atoms with Crippen molar-refractivity contribution >= 4 is 23.2 Å². The Balaban J connectivity index is 1.90. The second-order valence-corrected chi connectivity index (χ2v) is 4.52. The molecule has 1 N–H and O–H groups in total. The summed E-state index contributed by atoms with van der Waals surface area (Å²) < 4.78 is 1.67. The Morgan fingerprint density at radius 1 is 1.29 bits per heavy atom. The number of aromatic nitrogens is 3. The number of hydrogen-bond acceptors (Lipinski definition) is 3. The maximum Gasteiger partial charge on any atom is 0.164 e. The van der Waals surface area contributed by atoms with Crippen molar-refractivity contribution in [1.29, 1.82) is 0 Å². The quantitative estimate of drug-likeness (QED) is 0.928. The van der Waals surface area contributed by atoms with Gasteiger partial charge in [0.1, 0.15) is 6.33 Å². The summed E-state index contributed by atoms with van der Waals surface area (Å²) in [6.07, 6.45) is 1.67. The third-order valence-corrected chi connectivity index (χ3v) is 2.85. The van der Waals surface area contributed by atoms with E-state index in [1.807, 2.05) is 19.2 Å². The predicted octanol–water partition coefficient (Wildman–Crippen LogP) is 2.41. The van der Waals surface area contributed by atoms with E-state index in [9.17, 15) is 0 Å². The van der Waals surface area contributed by atoms with Gasteiger partial charge in [0.25, 0.3) is 0 Å². The fraction of sp³-hybridized carbons (Fsp3) is 0.273. The average molecular weight is 271 g/mol. The molecule has 0 aliphatic rings. The maximum atomic E-state index is 6.06. The van der Waals surface area contributed by atoms with E-state index in [1.54, 1.807) is 17.1 Å². The number of hydrogen-bond donors (Lipinski definition) is 1. The minimum atomic E-state index is 0.611. The summed E-state index contributed by atoms with van der Waals surface area (Å²) in [5.41, 5.74) is 1.01. The molecule has 0 unspecified atom stereocenters. The summed E-state index contributed by atoms with van der Waals surface area (Å²) in [4.78, 5) is 4.12. The first-order valence-electron chi connectivity index (χ1n) is 5.14. The lowest BCUT2D eigenvalue weighted by molar-refractivity contribution is 0.649. The van der Waals surface area contributed by atoms with Gasteiger partial charge >= 0.3 is 0 Å². The molecule has 0 aliphatic carbocycles. The van der Waals surface area contributed by atoms with E-state index in [0.29, 0.717) is 23.1 Å². The second kappa shape index (κ2) is 5.49. The molecule has 0 saturated carbocycles. The molecule has 0 amide bonds. The molecule has 90 valence electrons. The fourth-order valence-corrected chi connectivity index (χ4v) is 1.91. The minimum absolute atomic E-state index is 0.611. The van der Waals surface area contributed by atoms with Crippen LogP contribution in [0.15, 0.2) is 24.5 Å². The van der Waals surface area contributed by atoms with Crippen LogP contribution in [0.5, 0.6) is 0 Å². The molecule has 17 heavy (non-hydrogen) atoms. The molecule has 0 saturated heterocycles. The first-order chi connectivity index (χ1) is 8.15. The Morgan fingerprint density at radius 3 is 2.76 bits per heavy atom. The second-order valence-electron chi connectivity index (χ2n) is 3.67. The lowest BCUT2D eigenvalue weighted by atomic mass is 10.2. The molecule has 2 aromatic rings. The van der Waals surface area contributed by atoms with E-state index in [1.165, 1.54) is 0 Å². The normalized spacial score (nSPS) is 10.8. The lowest BCUT2D eigenvalue weighted by Gasteiger charge is -2.05. The molecule has 1 aromatic carbocycles. The van der Waals surface area contributed by atoms with Gasteiger partial charge in [-0.1, -0.05) is 29.3 Å². The molecule has 0 fully saturated rings. The monoisotopic (exact) mass is 270 g/mol. The van der Waals surface area contributed by atoms with Gasteiger partial charge in [-0.25, -0.2) is 4.98 Å². The molecule has 4 nitrogen and oxygen atoms in total. The molecule has 0 aliphatic heterocycles. The molecule has 1 heterocycles. The minimum Gasteiger partial charge on any atom is -0.306 e. The van der Waals surface area contributed by atoms with Crippen molar-refractivity contribution in [2.45, 2.75) is 13.1 Å². The van der Waals surface area contributed by atoms with E-state index >= 15 is 0 Å². The summed E-state index contributed by atoms with van der Waals surface area (Å²) in [7, 11) is 1.84. The largest absolute Gasteiger partial charge is 0.306 e. The highest BCUT2D eigenvalue weighted by Crippen LogP contribution is 2.20. The van der Waals surface area contributed by atoms with Crippen molar-refractivity contribution in [3.05, 3.63) is 46.0 Å². The van der Waals surface area contributed by atoms with E-state index in [-0.39, 0.29) is 0 Å². The Morgan fingerprint density at radius 2 is 2.12 bits per heavy atom. The van der Waals surface area contributed by atoms with Gasteiger partial charge in [0.05, 0.1) is 6.54 Å². The molecule has 0 bridgehead atoms. The van der Waals surface area contributed by atoms with Crippen LogP contribution >= 0.6 is 23.2 Å². The standard InChI is InChI=1S/C11H12Cl2N4/c1-17-7-15-11(16-17)6-14-5-8-2-3-9(12)4-10(8)13/h2-4,7,14H,5-6H2,1H3. The van der Waals surface area contributed by atoms with Gasteiger partial charge in [0.15, 0.2) is 5.82 Å². The molecule has 0 atom stereocenters. The van der Waals surface area contributed by atoms with Crippen LogP contribution in [0.2, 0.25) is 10.0 Å². The highest BCUT2D eigenvalue weighted by atomic mass is 35.5. The van der Waals surface area contributed by atoms with Crippen molar-refractivity contribution in [3.8, 4) is 0 Å². The number of nitrogens with zero attached hydrogens (tertiary/aromatic N) is 3. The van der Waals surface area contributed by atoms with Gasteiger partial charge in [0.2, 0.25) is 0 Å². The zero-order valence-corrected chi connectivity index (χ0v) is 10.8. The van der Waals surface area contributed by atoms with Crippen LogP contribution in [-0.2, 0) is 20.1 Å². The Hall–Kier alpha value is -1.10. The highest BCUT2D eigenvalue weighted by molar-refractivity contribution is 6.35. The van der Waals surface area contributed by atoms with Gasteiger partial charge in [-0.15, -0.1) is 0 Å². The van der Waals surface area contributed by atoms with Gasteiger partial charge in [-0.2, -0.15) is 5.10 Å². The Labute approximate surface area is 110 Å². The molecule has 2 rings (SSSR count). The van der Waals surface area contributed by atoms with Crippen LogP contribution < -0.4 is 5.32 Å². The number of aryl methyl sites for hydroxylation is 1. The zero-order chi connectivity index (χ0) is 12.3. The summed E-state index contributed by atoms with van der Waals surface area (Å²) in [6.45, 7) is 1.27. The smallest absolute Gasteiger partial charge is 0.164 e. The van der Waals surface area contributed by atoms with E-state index < -0.39 is 0 Å². The lowest BCUT2D eigenvalue weighted by Crippen LogP contribution is -2.14. The van der Waals surface area contributed by atoms with Crippen LogP contribution in [0.4, 0.5) is 0 Å². The number of benzene rings is 1. The number of rotatable bonds is 4. The first kappa shape index (κ1) is 12.4. The van der Waals surface area contributed by atoms with E-state index in [4.69, 9.17) is 23.2 Å². The zero-order valence-electron chi connectivity index (χ0n) is 9.32. The molecular weight excluding hydrogens is 259 g/mol. The van der Waals surface area contributed by atoms with Gasteiger partial charge in [0, 0.05) is 23.6 Å². The van der Waals surface area contributed by atoms with Crippen LogP contribution in [0, 0.1) is 0 Å². The summed E-state index contributed by atoms with van der Waals surface area (Å²) >= 11 is 11.9. The van der Waals surface area contributed by atoms with E-state index in [0.717, 1.165) is 11.4 Å². The fourth-order valence-electron chi connectivity index (χ4n) is 1.44. The van der Waals surface area contributed by atoms with Crippen molar-refractivity contribution in [3.63, 3.8) is 0 Å². The molecular formula is C11H12Cl2N4. The van der Waals surface area contributed by atoms with Gasteiger partial charge in [-0.3, -0.25) is 4.68 Å². The average Bonchev–Trinajstić information content (AvgIpc) is 2.68. The van der Waals surface area contributed by atoms with Gasteiger partial charge < -0.3 is 5.32 Å². The Kier molecular flexibility index (Phi) is 3.99. The van der Waals surface area contributed by atoms with E-state index in [2.05, 4.69) is 15.4 Å². The molecule has 0 spiro atoms. The molecule has 0 radical (unpaired) electrons. The Bertz CT molecular complexity index is 510. The molecule has 1 aromatic heterocycles. The topological polar surface area (TPSA) is 42.7 Å². The third kappa shape index (κ3) is 3.43.